The van der Waals surface area contributed by atoms with Gasteiger partial charge in [0.2, 0.25) is 0 Å². The molecule has 4 nitrogen and oxygen atoms in total. The molecule has 2 rings (SSSR count). The molecule has 1 unspecified atom stereocenters. The number of aromatic hydroxyl groups is 1. The number of fused-ring (bicyclic) bond motifs is 1. The second-order valence-electron chi connectivity index (χ2n) is 4.40. The highest BCUT2D eigenvalue weighted by Gasteiger charge is 2.16. The van der Waals surface area contributed by atoms with Crippen LogP contribution in [0, 0.1) is 12.8 Å². The van der Waals surface area contributed by atoms with Gasteiger partial charge in [0.25, 0.3) is 0 Å². The molecule has 90 valence electrons. The average Bonchev–Trinajstić information content (AvgIpc) is 2.55. The summed E-state index contributed by atoms with van der Waals surface area (Å²) in [6.07, 6.45) is 0.463. The number of rotatable bonds is 3. The first-order valence-corrected chi connectivity index (χ1v) is 5.52. The van der Waals surface area contributed by atoms with E-state index in [-0.39, 0.29) is 5.75 Å². The zero-order valence-corrected chi connectivity index (χ0v) is 9.82. The van der Waals surface area contributed by atoms with Crippen LogP contribution in [-0.2, 0) is 11.2 Å². The molecule has 1 aromatic heterocycles. The predicted molar refractivity (Wildman–Crippen MR) is 65.2 cm³/mol. The van der Waals surface area contributed by atoms with Crippen molar-refractivity contribution in [3.8, 4) is 5.75 Å². The quantitative estimate of drug-likeness (QED) is 0.762. The number of hydrogen-bond donors (Lipinski definition) is 3. The van der Waals surface area contributed by atoms with E-state index in [4.69, 9.17) is 5.11 Å². The van der Waals surface area contributed by atoms with Crippen molar-refractivity contribution in [3.63, 3.8) is 0 Å². The largest absolute Gasteiger partial charge is 0.508 e. The van der Waals surface area contributed by atoms with Crippen LogP contribution in [0.2, 0.25) is 0 Å². The monoisotopic (exact) mass is 233 g/mol. The maximum atomic E-state index is 10.9. The summed E-state index contributed by atoms with van der Waals surface area (Å²) in [6, 6.07) is 5.08. The molecule has 4 heteroatoms. The minimum atomic E-state index is -0.807. The van der Waals surface area contributed by atoms with Crippen molar-refractivity contribution in [1.29, 1.82) is 0 Å². The number of phenols is 1. The van der Waals surface area contributed by atoms with E-state index in [1.54, 1.807) is 25.1 Å². The number of benzene rings is 1. The molecule has 1 aromatic carbocycles. The van der Waals surface area contributed by atoms with Crippen LogP contribution < -0.4 is 0 Å². The molecule has 0 aliphatic rings. The van der Waals surface area contributed by atoms with Gasteiger partial charge in [-0.3, -0.25) is 4.79 Å². The van der Waals surface area contributed by atoms with Gasteiger partial charge in [0.05, 0.1) is 5.92 Å². The lowest BCUT2D eigenvalue weighted by molar-refractivity contribution is -0.141. The number of phenolic OH excluding ortho intramolecular Hbond substituents is 1. The summed E-state index contributed by atoms with van der Waals surface area (Å²) < 4.78 is 0. The van der Waals surface area contributed by atoms with Gasteiger partial charge in [-0.15, -0.1) is 0 Å². The Bertz CT molecular complexity index is 571. The molecule has 3 N–H and O–H groups in total. The minimum absolute atomic E-state index is 0.195. The van der Waals surface area contributed by atoms with E-state index in [9.17, 15) is 9.90 Å². The Morgan fingerprint density at radius 1 is 1.47 bits per heavy atom. The third-order valence-electron chi connectivity index (χ3n) is 3.03. The molecular formula is C13H15NO3. The van der Waals surface area contributed by atoms with E-state index in [1.165, 1.54) is 0 Å². The summed E-state index contributed by atoms with van der Waals surface area (Å²) in [5, 5.41) is 19.3. The number of aromatic nitrogens is 1. The molecule has 0 radical (unpaired) electrons. The minimum Gasteiger partial charge on any atom is -0.508 e. The van der Waals surface area contributed by atoms with Gasteiger partial charge in [-0.05, 0) is 37.1 Å². The second kappa shape index (κ2) is 4.13. The van der Waals surface area contributed by atoms with E-state index in [1.807, 2.05) is 6.92 Å². The highest BCUT2D eigenvalue weighted by atomic mass is 16.4. The number of hydrogen-bond acceptors (Lipinski definition) is 2. The summed E-state index contributed by atoms with van der Waals surface area (Å²) in [5.41, 5.74) is 2.84. The molecule has 1 heterocycles. The van der Waals surface area contributed by atoms with Crippen molar-refractivity contribution >= 4 is 16.9 Å². The number of carboxylic acid groups (broad SMARTS) is 1. The molecule has 1 atom stereocenters. The molecule has 2 aromatic rings. The maximum absolute atomic E-state index is 10.9. The summed E-state index contributed by atoms with van der Waals surface area (Å²) in [6.45, 7) is 3.60. The van der Waals surface area contributed by atoms with Crippen LogP contribution in [0.5, 0.6) is 5.75 Å². The highest BCUT2D eigenvalue weighted by Crippen LogP contribution is 2.27. The molecule has 0 bridgehead atoms. The third kappa shape index (κ3) is 2.11. The van der Waals surface area contributed by atoms with Gasteiger partial charge in [0.15, 0.2) is 0 Å². The van der Waals surface area contributed by atoms with Crippen molar-refractivity contribution < 1.29 is 15.0 Å². The zero-order chi connectivity index (χ0) is 12.6. The molecular weight excluding hydrogens is 218 g/mol. The van der Waals surface area contributed by atoms with Crippen LogP contribution in [0.4, 0.5) is 0 Å². The molecule has 0 amide bonds. The van der Waals surface area contributed by atoms with E-state index < -0.39 is 11.9 Å². The summed E-state index contributed by atoms with van der Waals surface area (Å²) in [5.74, 6) is -1.05. The predicted octanol–water partition coefficient (Wildman–Crippen LogP) is 2.45. The Labute approximate surface area is 98.9 Å². The van der Waals surface area contributed by atoms with Crippen LogP contribution in [-0.4, -0.2) is 21.2 Å². The van der Waals surface area contributed by atoms with Crippen LogP contribution >= 0.6 is 0 Å². The average molecular weight is 233 g/mol. The van der Waals surface area contributed by atoms with Crippen molar-refractivity contribution in [1.82, 2.24) is 4.98 Å². The van der Waals surface area contributed by atoms with Crippen LogP contribution in [0.15, 0.2) is 18.2 Å². The standard InChI is InChI=1S/C13H15NO3/c1-7(13(16)17)5-10-8(2)14-12-4-3-9(15)6-11(10)12/h3-4,6-7,14-15H,5H2,1-2H3,(H,16,17). The molecule has 0 spiro atoms. The fraction of sp³-hybridized carbons (Fsp3) is 0.308. The van der Waals surface area contributed by atoms with Gasteiger partial charge in [-0.1, -0.05) is 6.92 Å². The third-order valence-corrected chi connectivity index (χ3v) is 3.03. The first-order chi connectivity index (χ1) is 7.99. The molecule has 0 saturated carbocycles. The SMILES string of the molecule is Cc1[nH]c2ccc(O)cc2c1CC(C)C(=O)O. The van der Waals surface area contributed by atoms with Gasteiger partial charge < -0.3 is 15.2 Å². The van der Waals surface area contributed by atoms with Gasteiger partial charge in [0.1, 0.15) is 5.75 Å². The lowest BCUT2D eigenvalue weighted by Crippen LogP contribution is -2.12. The van der Waals surface area contributed by atoms with Gasteiger partial charge in [0, 0.05) is 16.6 Å². The summed E-state index contributed by atoms with van der Waals surface area (Å²) in [7, 11) is 0. The zero-order valence-electron chi connectivity index (χ0n) is 9.82. The second-order valence-corrected chi connectivity index (χ2v) is 4.40. The first-order valence-electron chi connectivity index (χ1n) is 5.52. The van der Waals surface area contributed by atoms with E-state index in [2.05, 4.69) is 4.98 Å². The molecule has 0 fully saturated rings. The van der Waals surface area contributed by atoms with Crippen molar-refractivity contribution in [2.24, 2.45) is 5.92 Å². The number of aliphatic carboxylic acids is 1. The Balaban J connectivity index is 2.48. The Kier molecular flexibility index (Phi) is 2.79. The smallest absolute Gasteiger partial charge is 0.306 e. The fourth-order valence-corrected chi connectivity index (χ4v) is 2.03. The topological polar surface area (TPSA) is 73.3 Å². The molecule has 0 aliphatic heterocycles. The van der Waals surface area contributed by atoms with Crippen molar-refractivity contribution in [2.45, 2.75) is 20.3 Å². The fourth-order valence-electron chi connectivity index (χ4n) is 2.03. The summed E-state index contributed by atoms with van der Waals surface area (Å²) in [4.78, 5) is 14.1. The molecule has 17 heavy (non-hydrogen) atoms. The lowest BCUT2D eigenvalue weighted by Gasteiger charge is -2.06. The van der Waals surface area contributed by atoms with Crippen LogP contribution in [0.1, 0.15) is 18.2 Å². The maximum Gasteiger partial charge on any atom is 0.306 e. The lowest BCUT2D eigenvalue weighted by atomic mass is 9.99. The number of aryl methyl sites for hydroxylation is 1. The number of H-pyrrole nitrogens is 1. The van der Waals surface area contributed by atoms with Gasteiger partial charge >= 0.3 is 5.97 Å². The summed E-state index contributed by atoms with van der Waals surface area (Å²) >= 11 is 0. The number of aromatic amines is 1. The number of carboxylic acids is 1. The Hall–Kier alpha value is -1.97. The molecule has 0 saturated heterocycles. The van der Waals surface area contributed by atoms with E-state index in [0.29, 0.717) is 6.42 Å². The van der Waals surface area contributed by atoms with Crippen LogP contribution in [0.3, 0.4) is 0 Å². The van der Waals surface area contributed by atoms with Crippen molar-refractivity contribution in [3.05, 3.63) is 29.5 Å². The molecule has 0 aliphatic carbocycles. The Morgan fingerprint density at radius 2 is 2.18 bits per heavy atom. The van der Waals surface area contributed by atoms with E-state index in [0.717, 1.165) is 22.2 Å². The number of nitrogens with one attached hydrogen (secondary N) is 1. The first kappa shape index (κ1) is 11.5. The van der Waals surface area contributed by atoms with Gasteiger partial charge in [-0.2, -0.15) is 0 Å². The normalized spacial score (nSPS) is 12.8. The van der Waals surface area contributed by atoms with Crippen molar-refractivity contribution in [2.75, 3.05) is 0 Å². The number of carbonyl (C=O) groups is 1. The van der Waals surface area contributed by atoms with Crippen LogP contribution in [0.25, 0.3) is 10.9 Å². The highest BCUT2D eigenvalue weighted by molar-refractivity contribution is 5.86. The Morgan fingerprint density at radius 3 is 2.82 bits per heavy atom. The van der Waals surface area contributed by atoms with Gasteiger partial charge in [-0.25, -0.2) is 0 Å². The van der Waals surface area contributed by atoms with E-state index >= 15 is 0 Å².